The van der Waals surface area contributed by atoms with Crippen LogP contribution < -0.4 is 0 Å². The third-order valence-corrected chi connectivity index (χ3v) is 3.17. The van der Waals surface area contributed by atoms with Crippen molar-refractivity contribution < 1.29 is 35.9 Å². The van der Waals surface area contributed by atoms with Gasteiger partial charge in [0.15, 0.2) is 23.2 Å². The fourth-order valence-electron chi connectivity index (χ4n) is 1.92. The average Bonchev–Trinajstić information content (AvgIpc) is 2.50. The van der Waals surface area contributed by atoms with E-state index < -0.39 is 52.7 Å². The van der Waals surface area contributed by atoms with Crippen molar-refractivity contribution in [3.63, 3.8) is 0 Å². The first-order chi connectivity index (χ1) is 11.1. The molecule has 24 heavy (non-hydrogen) atoms. The van der Waals surface area contributed by atoms with Crippen LogP contribution in [0.2, 0.25) is 0 Å². The number of rotatable bonds is 4. The van der Waals surface area contributed by atoms with E-state index in [1.165, 1.54) is 0 Å². The van der Waals surface area contributed by atoms with E-state index >= 15 is 0 Å². The predicted molar refractivity (Wildman–Crippen MR) is 71.0 cm³/mol. The molecule has 8 heteroatoms. The van der Waals surface area contributed by atoms with E-state index in [2.05, 4.69) is 0 Å². The Morgan fingerprint density at radius 1 is 0.792 bits per heavy atom. The summed E-state index contributed by atoms with van der Waals surface area (Å²) in [6.07, 6.45) is -5.47. The Kier molecular flexibility index (Phi) is 4.77. The Morgan fingerprint density at radius 2 is 1.33 bits per heavy atom. The van der Waals surface area contributed by atoms with Gasteiger partial charge < -0.3 is 0 Å². The molecule has 0 atom stereocenters. The number of Topliss-reactive ketones (excluding diaryl/α,β-unsaturated/α-hetero) is 2. The maximum atomic E-state index is 13.5. The molecule has 0 unspecified atom stereocenters. The molecule has 0 aliphatic heterocycles. The molecule has 0 fully saturated rings. The molecule has 0 spiro atoms. The van der Waals surface area contributed by atoms with E-state index in [4.69, 9.17) is 0 Å². The monoisotopic (exact) mass is 346 g/mol. The quantitative estimate of drug-likeness (QED) is 0.352. The molecule has 2 nitrogen and oxygen atoms in total. The van der Waals surface area contributed by atoms with Crippen molar-refractivity contribution in [2.24, 2.45) is 0 Å². The lowest BCUT2D eigenvalue weighted by Crippen LogP contribution is -2.12. The first kappa shape index (κ1) is 17.7. The molecule has 2 aromatic rings. The molecule has 0 aromatic heterocycles. The van der Waals surface area contributed by atoms with Crippen LogP contribution in [-0.4, -0.2) is 11.6 Å². The van der Waals surface area contributed by atoms with Gasteiger partial charge in [0.05, 0.1) is 17.5 Å². The lowest BCUT2D eigenvalue weighted by molar-refractivity contribution is -0.137. The third-order valence-electron chi connectivity index (χ3n) is 3.17. The van der Waals surface area contributed by atoms with E-state index in [9.17, 15) is 35.9 Å². The van der Waals surface area contributed by atoms with Gasteiger partial charge in [0.1, 0.15) is 5.82 Å². The SMILES string of the molecule is O=C(CC(=O)c1cc(F)c(F)cc1F)c1ccc(C(F)(F)F)cc1. The normalized spacial score (nSPS) is 11.4. The smallest absolute Gasteiger partial charge is 0.294 e. The van der Waals surface area contributed by atoms with Crippen molar-refractivity contribution in [3.05, 3.63) is 70.5 Å². The number of alkyl halides is 3. The zero-order chi connectivity index (χ0) is 18.1. The van der Waals surface area contributed by atoms with Gasteiger partial charge in [0.25, 0.3) is 0 Å². The molecule has 0 amide bonds. The summed E-state index contributed by atoms with van der Waals surface area (Å²) in [6.45, 7) is 0. The molecule has 0 aliphatic carbocycles. The lowest BCUT2D eigenvalue weighted by atomic mass is 10.00. The second kappa shape index (κ2) is 6.46. The zero-order valence-corrected chi connectivity index (χ0v) is 11.8. The summed E-state index contributed by atoms with van der Waals surface area (Å²) in [6, 6.07) is 3.57. The topological polar surface area (TPSA) is 34.1 Å². The van der Waals surface area contributed by atoms with Crippen molar-refractivity contribution in [1.82, 2.24) is 0 Å². The number of hydrogen-bond donors (Lipinski definition) is 0. The van der Waals surface area contributed by atoms with Crippen LogP contribution in [0.5, 0.6) is 0 Å². The lowest BCUT2D eigenvalue weighted by Gasteiger charge is -2.07. The van der Waals surface area contributed by atoms with Gasteiger partial charge in [-0.15, -0.1) is 0 Å². The number of carbonyl (C=O) groups excluding carboxylic acids is 2. The van der Waals surface area contributed by atoms with Crippen molar-refractivity contribution in [3.8, 4) is 0 Å². The Hall–Kier alpha value is -2.64. The summed E-state index contributed by atoms with van der Waals surface area (Å²) >= 11 is 0. The van der Waals surface area contributed by atoms with Crippen LogP contribution in [0.25, 0.3) is 0 Å². The minimum Gasteiger partial charge on any atom is -0.294 e. The van der Waals surface area contributed by atoms with E-state index in [0.717, 1.165) is 12.1 Å². The Bertz CT molecular complexity index is 793. The predicted octanol–water partition coefficient (Wildman–Crippen LogP) is 4.58. The van der Waals surface area contributed by atoms with Gasteiger partial charge in [-0.05, 0) is 18.2 Å². The minimum absolute atomic E-state index is 0.172. The molecule has 0 heterocycles. The Labute approximate surface area is 131 Å². The van der Waals surface area contributed by atoms with Crippen LogP contribution in [0.15, 0.2) is 36.4 Å². The van der Waals surface area contributed by atoms with Gasteiger partial charge in [0.2, 0.25) is 0 Å². The van der Waals surface area contributed by atoms with Crippen molar-refractivity contribution >= 4 is 11.6 Å². The Balaban J connectivity index is 2.18. The zero-order valence-electron chi connectivity index (χ0n) is 11.8. The van der Waals surface area contributed by atoms with E-state index in [1.54, 1.807) is 0 Å². The first-order valence-electron chi connectivity index (χ1n) is 6.48. The number of ketones is 2. The second-order valence-corrected chi connectivity index (χ2v) is 4.84. The van der Waals surface area contributed by atoms with Crippen LogP contribution in [0.3, 0.4) is 0 Å². The van der Waals surface area contributed by atoms with E-state index in [1.807, 2.05) is 0 Å². The molecule has 0 radical (unpaired) electrons. The fourth-order valence-corrected chi connectivity index (χ4v) is 1.92. The number of benzene rings is 2. The van der Waals surface area contributed by atoms with Crippen LogP contribution >= 0.6 is 0 Å². The van der Waals surface area contributed by atoms with Crippen LogP contribution in [0, 0.1) is 17.5 Å². The highest BCUT2D eigenvalue weighted by atomic mass is 19.4. The van der Waals surface area contributed by atoms with Gasteiger partial charge in [0, 0.05) is 11.6 Å². The highest BCUT2D eigenvalue weighted by molar-refractivity contribution is 6.13. The third kappa shape index (κ3) is 3.81. The second-order valence-electron chi connectivity index (χ2n) is 4.84. The van der Waals surface area contributed by atoms with Gasteiger partial charge in [-0.3, -0.25) is 9.59 Å². The summed E-state index contributed by atoms with van der Waals surface area (Å²) in [4.78, 5) is 23.7. The van der Waals surface area contributed by atoms with Gasteiger partial charge in [-0.2, -0.15) is 13.2 Å². The molecular formula is C16H8F6O2. The first-order valence-corrected chi connectivity index (χ1v) is 6.48. The van der Waals surface area contributed by atoms with Crippen LogP contribution in [0.4, 0.5) is 26.3 Å². The summed E-state index contributed by atoms with van der Waals surface area (Å²) in [5.74, 6) is -6.27. The largest absolute Gasteiger partial charge is 0.416 e. The standard InChI is InChI=1S/C16H8F6O2/c17-11-6-13(19)12(18)5-10(11)15(24)7-14(23)8-1-3-9(4-2-8)16(20,21)22/h1-6H,7H2. The summed E-state index contributed by atoms with van der Waals surface area (Å²) in [5, 5.41) is 0. The van der Waals surface area contributed by atoms with Crippen molar-refractivity contribution in [2.75, 3.05) is 0 Å². The summed E-state index contributed by atoms with van der Waals surface area (Å²) < 4.78 is 76.6. The molecule has 0 saturated carbocycles. The molecule has 0 saturated heterocycles. The maximum Gasteiger partial charge on any atom is 0.416 e. The fraction of sp³-hybridized carbons (Fsp3) is 0.125. The highest BCUT2D eigenvalue weighted by Crippen LogP contribution is 2.29. The molecule has 0 N–H and O–H groups in total. The van der Waals surface area contributed by atoms with Gasteiger partial charge >= 0.3 is 6.18 Å². The molecule has 0 aliphatic rings. The Morgan fingerprint density at radius 3 is 1.88 bits per heavy atom. The molecule has 2 aromatic carbocycles. The summed E-state index contributed by atoms with van der Waals surface area (Å²) in [5.41, 5.74) is -1.98. The number of hydrogen-bond acceptors (Lipinski definition) is 2. The highest BCUT2D eigenvalue weighted by Gasteiger charge is 2.30. The molecular weight excluding hydrogens is 338 g/mol. The number of halogens is 6. The molecule has 126 valence electrons. The summed E-state index contributed by atoms with van der Waals surface area (Å²) in [7, 11) is 0. The van der Waals surface area contributed by atoms with Gasteiger partial charge in [-0.1, -0.05) is 12.1 Å². The molecule has 0 bridgehead atoms. The van der Waals surface area contributed by atoms with E-state index in [-0.39, 0.29) is 11.6 Å². The molecule has 2 rings (SSSR count). The average molecular weight is 346 g/mol. The number of carbonyl (C=O) groups is 2. The van der Waals surface area contributed by atoms with Crippen molar-refractivity contribution in [2.45, 2.75) is 12.6 Å². The van der Waals surface area contributed by atoms with Crippen LogP contribution in [0.1, 0.15) is 32.7 Å². The van der Waals surface area contributed by atoms with Gasteiger partial charge in [-0.25, -0.2) is 13.2 Å². The maximum absolute atomic E-state index is 13.5. The van der Waals surface area contributed by atoms with Crippen LogP contribution in [-0.2, 0) is 6.18 Å². The minimum atomic E-state index is -4.58. The van der Waals surface area contributed by atoms with Crippen molar-refractivity contribution in [1.29, 1.82) is 0 Å². The van der Waals surface area contributed by atoms with E-state index in [0.29, 0.717) is 18.2 Å².